The summed E-state index contributed by atoms with van der Waals surface area (Å²) in [6.07, 6.45) is 19.3. The van der Waals surface area contributed by atoms with Crippen LogP contribution in [-0.4, -0.2) is 30.5 Å². The van der Waals surface area contributed by atoms with Gasteiger partial charge in [-0.1, -0.05) is 90.9 Å². The monoisotopic (exact) mass is 509 g/mol. The molecule has 0 bridgehead atoms. The minimum absolute atomic E-state index is 0.132. The van der Waals surface area contributed by atoms with Gasteiger partial charge < -0.3 is 14.6 Å². The summed E-state index contributed by atoms with van der Waals surface area (Å²) in [5.41, 5.74) is 1.81. The van der Waals surface area contributed by atoms with Crippen molar-refractivity contribution < 1.29 is 19.4 Å². The number of nitrogens with zero attached hydrogens (tertiary/aromatic N) is 1. The second kappa shape index (κ2) is 19.3. The maximum absolute atomic E-state index is 12.0. The van der Waals surface area contributed by atoms with Gasteiger partial charge in [0.2, 0.25) is 0 Å². The molecule has 0 heterocycles. The van der Waals surface area contributed by atoms with Crippen LogP contribution in [-0.2, 0) is 4.74 Å². The number of aromatic hydroxyl groups is 1. The van der Waals surface area contributed by atoms with Crippen molar-refractivity contribution in [3.8, 4) is 11.5 Å². The zero-order valence-corrected chi connectivity index (χ0v) is 23.1. The highest BCUT2D eigenvalue weighted by Gasteiger charge is 2.06. The number of esters is 1. The van der Waals surface area contributed by atoms with Gasteiger partial charge in [0.1, 0.15) is 11.5 Å². The quantitative estimate of drug-likeness (QED) is 0.110. The minimum atomic E-state index is -0.319. The lowest BCUT2D eigenvalue weighted by Gasteiger charge is -2.08. The van der Waals surface area contributed by atoms with Gasteiger partial charge in [0.25, 0.3) is 0 Å². The lowest BCUT2D eigenvalue weighted by atomic mass is 10.1. The van der Waals surface area contributed by atoms with E-state index in [0.29, 0.717) is 35.8 Å². The molecule has 0 radical (unpaired) electrons. The van der Waals surface area contributed by atoms with Crippen LogP contribution in [0.3, 0.4) is 0 Å². The first kappa shape index (κ1) is 30.4. The average Bonchev–Trinajstić information content (AvgIpc) is 2.91. The van der Waals surface area contributed by atoms with Gasteiger partial charge in [0, 0.05) is 17.8 Å². The fourth-order valence-electron chi connectivity index (χ4n) is 4.08. The van der Waals surface area contributed by atoms with Gasteiger partial charge in [0.15, 0.2) is 0 Å². The van der Waals surface area contributed by atoms with Gasteiger partial charge in [0.05, 0.1) is 24.5 Å². The summed E-state index contributed by atoms with van der Waals surface area (Å²) in [7, 11) is 0. The van der Waals surface area contributed by atoms with E-state index in [9.17, 15) is 9.90 Å². The van der Waals surface area contributed by atoms with Crippen LogP contribution < -0.4 is 4.74 Å². The van der Waals surface area contributed by atoms with Crippen LogP contribution in [0.25, 0.3) is 0 Å². The van der Waals surface area contributed by atoms with Gasteiger partial charge in [-0.15, -0.1) is 0 Å². The van der Waals surface area contributed by atoms with Gasteiger partial charge in [-0.3, -0.25) is 4.99 Å². The number of benzene rings is 2. The van der Waals surface area contributed by atoms with Crippen molar-refractivity contribution in [3.63, 3.8) is 0 Å². The molecule has 0 aliphatic rings. The molecule has 0 aliphatic heterocycles. The van der Waals surface area contributed by atoms with E-state index >= 15 is 0 Å². The Bertz CT molecular complexity index is 908. The van der Waals surface area contributed by atoms with Crippen LogP contribution in [0.1, 0.15) is 120 Å². The normalized spacial score (nSPS) is 11.2. The number of phenolic OH excluding ortho intramolecular Hbond substituents is 1. The maximum atomic E-state index is 12.0. The molecular formula is C32H47NO4. The molecule has 0 fully saturated rings. The largest absolute Gasteiger partial charge is 0.507 e. The Labute approximate surface area is 224 Å². The number of ether oxygens (including phenoxy) is 2. The maximum Gasteiger partial charge on any atom is 0.338 e. The number of hydrogen-bond acceptors (Lipinski definition) is 5. The molecule has 2 aromatic carbocycles. The van der Waals surface area contributed by atoms with Crippen molar-refractivity contribution in [1.29, 1.82) is 0 Å². The highest BCUT2D eigenvalue weighted by atomic mass is 16.5. The summed E-state index contributed by atoms with van der Waals surface area (Å²) < 4.78 is 11.0. The third kappa shape index (κ3) is 13.3. The first-order valence-corrected chi connectivity index (χ1v) is 14.4. The molecule has 0 unspecified atom stereocenters. The number of phenols is 1. The van der Waals surface area contributed by atoms with E-state index in [4.69, 9.17) is 9.47 Å². The number of aliphatic imine (C=N–C) groups is 1. The molecule has 0 saturated heterocycles. The first-order valence-electron chi connectivity index (χ1n) is 14.4. The summed E-state index contributed by atoms with van der Waals surface area (Å²) in [5, 5.41) is 10.4. The van der Waals surface area contributed by atoms with Gasteiger partial charge in [-0.2, -0.15) is 0 Å². The van der Waals surface area contributed by atoms with Gasteiger partial charge >= 0.3 is 5.97 Å². The van der Waals surface area contributed by atoms with E-state index in [1.807, 2.05) is 6.07 Å². The zero-order valence-electron chi connectivity index (χ0n) is 23.1. The molecule has 0 aromatic heterocycles. The SMILES string of the molecule is CCCCCCCCCCCCCCOc1ccc(C=Nc2ccc(C(=O)OCCCC)cc2)c(O)c1. The predicted molar refractivity (Wildman–Crippen MR) is 154 cm³/mol. The Hall–Kier alpha value is -2.82. The zero-order chi connectivity index (χ0) is 26.6. The summed E-state index contributed by atoms with van der Waals surface area (Å²) >= 11 is 0. The number of unbranched alkanes of at least 4 members (excludes halogenated alkanes) is 12. The molecule has 0 saturated carbocycles. The predicted octanol–water partition coefficient (Wildman–Crippen LogP) is 9.18. The van der Waals surface area contributed by atoms with Crippen molar-refractivity contribution in [2.24, 2.45) is 4.99 Å². The van der Waals surface area contributed by atoms with Crippen LogP contribution in [0, 0.1) is 0 Å². The van der Waals surface area contributed by atoms with E-state index < -0.39 is 0 Å². The molecule has 0 amide bonds. The summed E-state index contributed by atoms with van der Waals surface area (Å²) in [6.45, 7) is 5.42. The van der Waals surface area contributed by atoms with Crippen LogP contribution in [0.4, 0.5) is 5.69 Å². The van der Waals surface area contributed by atoms with Crippen LogP contribution >= 0.6 is 0 Å². The molecule has 5 nitrogen and oxygen atoms in total. The second-order valence-electron chi connectivity index (χ2n) is 9.75. The van der Waals surface area contributed by atoms with E-state index in [2.05, 4.69) is 18.8 Å². The standard InChI is InChI=1S/C32H47NO4/c1-3-5-7-8-9-10-11-12-13-14-15-16-24-36-30-22-19-28(31(34)25-30)26-33-29-20-17-27(18-21-29)32(35)37-23-6-4-2/h17-22,25-26,34H,3-16,23-24H2,1-2H3. The third-order valence-electron chi connectivity index (χ3n) is 6.46. The first-order chi connectivity index (χ1) is 18.1. The number of carbonyl (C=O) groups excluding carboxylic acids is 1. The average molecular weight is 510 g/mol. The fourth-order valence-corrected chi connectivity index (χ4v) is 4.08. The minimum Gasteiger partial charge on any atom is -0.507 e. The summed E-state index contributed by atoms with van der Waals surface area (Å²) in [4.78, 5) is 16.4. The number of hydrogen-bond donors (Lipinski definition) is 1. The van der Waals surface area contributed by atoms with Crippen LogP contribution in [0.5, 0.6) is 11.5 Å². The van der Waals surface area contributed by atoms with E-state index in [0.717, 1.165) is 19.3 Å². The Balaban J connectivity index is 1.62. The molecule has 2 aromatic rings. The third-order valence-corrected chi connectivity index (χ3v) is 6.46. The van der Waals surface area contributed by atoms with E-state index in [1.54, 1.807) is 42.6 Å². The Morgan fingerprint density at radius 1 is 0.757 bits per heavy atom. The molecule has 37 heavy (non-hydrogen) atoms. The molecule has 5 heteroatoms. The van der Waals surface area contributed by atoms with Crippen molar-refractivity contribution in [2.45, 2.75) is 104 Å². The summed E-state index contributed by atoms with van der Waals surface area (Å²) in [6, 6.07) is 12.2. The van der Waals surface area contributed by atoms with E-state index in [-0.39, 0.29) is 11.7 Å². The van der Waals surface area contributed by atoms with Crippen molar-refractivity contribution in [1.82, 2.24) is 0 Å². The Kier molecular flexibility index (Phi) is 15.9. The lowest BCUT2D eigenvalue weighted by Crippen LogP contribution is -2.05. The van der Waals surface area contributed by atoms with Crippen molar-refractivity contribution in [3.05, 3.63) is 53.6 Å². The molecule has 1 N–H and O–H groups in total. The second-order valence-corrected chi connectivity index (χ2v) is 9.75. The Morgan fingerprint density at radius 3 is 1.95 bits per heavy atom. The lowest BCUT2D eigenvalue weighted by molar-refractivity contribution is 0.0500. The molecule has 0 aliphatic carbocycles. The topological polar surface area (TPSA) is 68.1 Å². The fraction of sp³-hybridized carbons (Fsp3) is 0.562. The molecule has 204 valence electrons. The molecule has 2 rings (SSSR count). The summed E-state index contributed by atoms with van der Waals surface area (Å²) in [5.74, 6) is 0.483. The van der Waals surface area contributed by atoms with Crippen LogP contribution in [0.2, 0.25) is 0 Å². The number of carbonyl (C=O) groups is 1. The van der Waals surface area contributed by atoms with Crippen molar-refractivity contribution >= 4 is 17.9 Å². The number of rotatable bonds is 20. The highest BCUT2D eigenvalue weighted by molar-refractivity contribution is 5.90. The van der Waals surface area contributed by atoms with Crippen molar-refractivity contribution in [2.75, 3.05) is 13.2 Å². The highest BCUT2D eigenvalue weighted by Crippen LogP contribution is 2.24. The Morgan fingerprint density at radius 2 is 1.35 bits per heavy atom. The van der Waals surface area contributed by atoms with Crippen LogP contribution in [0.15, 0.2) is 47.5 Å². The van der Waals surface area contributed by atoms with Gasteiger partial charge in [-0.05, 0) is 49.2 Å². The molecule has 0 atom stereocenters. The molecule has 0 spiro atoms. The van der Waals surface area contributed by atoms with E-state index in [1.165, 1.54) is 70.6 Å². The smallest absolute Gasteiger partial charge is 0.338 e. The van der Waals surface area contributed by atoms with Gasteiger partial charge in [-0.25, -0.2) is 4.79 Å². The molecular weight excluding hydrogens is 462 g/mol.